The monoisotopic (exact) mass is 430 g/mol. The van der Waals surface area contributed by atoms with Crippen LogP contribution < -0.4 is 5.32 Å². The summed E-state index contributed by atoms with van der Waals surface area (Å²) in [5.74, 6) is 1.21. The number of rotatable bonds is 3. The summed E-state index contributed by atoms with van der Waals surface area (Å²) in [7, 11) is 0. The average Bonchev–Trinajstić information content (AvgIpc) is 2.73. The largest absolute Gasteiger partial charge is 0.338 e. The Balaban J connectivity index is 1.39. The molecule has 4 nitrogen and oxygen atoms in total. The van der Waals surface area contributed by atoms with E-state index in [9.17, 15) is 9.59 Å². The number of hydrogen-bond donors (Lipinski definition) is 1. The minimum Gasteiger partial charge on any atom is -0.338 e. The molecule has 0 radical (unpaired) electrons. The lowest BCUT2D eigenvalue weighted by Crippen LogP contribution is -2.44. The Kier molecular flexibility index (Phi) is 6.12. The molecule has 2 amide bonds. The van der Waals surface area contributed by atoms with E-state index in [1.165, 1.54) is 31.7 Å². The smallest absolute Gasteiger partial charge is 0.257 e. The zero-order valence-electron chi connectivity index (χ0n) is 16.2. The van der Waals surface area contributed by atoms with Gasteiger partial charge >= 0.3 is 0 Å². The Bertz CT molecular complexity index is 914. The summed E-state index contributed by atoms with van der Waals surface area (Å²) in [6.07, 6.45) is 6.30. The van der Waals surface area contributed by atoms with E-state index in [2.05, 4.69) is 5.32 Å². The van der Waals surface area contributed by atoms with Crippen molar-refractivity contribution in [2.45, 2.75) is 32.1 Å². The second-order valence-electron chi connectivity index (χ2n) is 8.00. The zero-order valence-corrected chi connectivity index (χ0v) is 17.7. The molecule has 0 aromatic heterocycles. The number of halogens is 2. The average molecular weight is 431 g/mol. The van der Waals surface area contributed by atoms with Crippen LogP contribution in [0.5, 0.6) is 0 Å². The molecule has 1 heterocycles. The standard InChI is InChI=1S/C23H24Cl2N2O2/c24-18-7-10-20(21(25)13-18)22(28)26-19-8-5-16(6-9-19)23(29)27-12-11-15-3-1-2-4-17(15)14-27/h5-10,13,15,17H,1-4,11-12,14H2,(H,26,28)/t15-,17-/m1/s1. The highest BCUT2D eigenvalue weighted by Gasteiger charge is 2.33. The number of nitrogens with zero attached hydrogens (tertiary/aromatic N) is 1. The van der Waals surface area contributed by atoms with Gasteiger partial charge < -0.3 is 10.2 Å². The van der Waals surface area contributed by atoms with Crippen molar-refractivity contribution in [2.24, 2.45) is 11.8 Å². The molecule has 2 aromatic rings. The van der Waals surface area contributed by atoms with Gasteiger partial charge in [-0.1, -0.05) is 42.5 Å². The van der Waals surface area contributed by atoms with Crippen LogP contribution in [0.25, 0.3) is 0 Å². The predicted octanol–water partition coefficient (Wildman–Crippen LogP) is 5.90. The normalized spacial score (nSPS) is 21.4. The van der Waals surface area contributed by atoms with E-state index in [1.807, 2.05) is 4.90 Å². The second-order valence-corrected chi connectivity index (χ2v) is 8.84. The number of benzene rings is 2. The summed E-state index contributed by atoms with van der Waals surface area (Å²) < 4.78 is 0. The van der Waals surface area contributed by atoms with Gasteiger partial charge in [-0.05, 0) is 67.1 Å². The maximum atomic E-state index is 12.9. The number of carbonyl (C=O) groups is 2. The van der Waals surface area contributed by atoms with E-state index in [4.69, 9.17) is 23.2 Å². The third-order valence-corrected chi connectivity index (χ3v) is 6.69. The Labute approximate surface area is 181 Å². The van der Waals surface area contributed by atoms with Gasteiger partial charge in [0.05, 0.1) is 10.6 Å². The van der Waals surface area contributed by atoms with Gasteiger partial charge in [0.2, 0.25) is 0 Å². The highest BCUT2D eigenvalue weighted by Crippen LogP contribution is 2.36. The SMILES string of the molecule is O=C(Nc1ccc(C(=O)N2CC[C@H]3CCCC[C@@H]3C2)cc1)c1ccc(Cl)cc1Cl. The summed E-state index contributed by atoms with van der Waals surface area (Å²) in [6, 6.07) is 11.8. The van der Waals surface area contributed by atoms with Gasteiger partial charge in [-0.3, -0.25) is 9.59 Å². The van der Waals surface area contributed by atoms with Crippen LogP contribution in [0.3, 0.4) is 0 Å². The third-order valence-electron chi connectivity index (χ3n) is 6.14. The molecule has 152 valence electrons. The van der Waals surface area contributed by atoms with Crippen LogP contribution in [0.4, 0.5) is 5.69 Å². The van der Waals surface area contributed by atoms with E-state index in [0.29, 0.717) is 32.8 Å². The fourth-order valence-electron chi connectivity index (χ4n) is 4.54. The fraction of sp³-hybridized carbons (Fsp3) is 0.391. The number of likely N-dealkylation sites (tertiary alicyclic amines) is 1. The van der Waals surface area contributed by atoms with Crippen molar-refractivity contribution in [3.05, 3.63) is 63.6 Å². The number of hydrogen-bond acceptors (Lipinski definition) is 2. The van der Waals surface area contributed by atoms with Crippen LogP contribution in [0, 0.1) is 11.8 Å². The first kappa shape index (κ1) is 20.2. The van der Waals surface area contributed by atoms with E-state index >= 15 is 0 Å². The lowest BCUT2D eigenvalue weighted by Gasteiger charge is -2.41. The Hall–Kier alpha value is -2.04. The minimum absolute atomic E-state index is 0.0765. The van der Waals surface area contributed by atoms with Crippen LogP contribution >= 0.6 is 23.2 Å². The van der Waals surface area contributed by atoms with Crippen molar-refractivity contribution in [2.75, 3.05) is 18.4 Å². The third kappa shape index (κ3) is 4.59. The highest BCUT2D eigenvalue weighted by molar-refractivity contribution is 6.37. The fourth-order valence-corrected chi connectivity index (χ4v) is 5.03. The van der Waals surface area contributed by atoms with E-state index in [-0.39, 0.29) is 11.8 Å². The number of nitrogens with one attached hydrogen (secondary N) is 1. The molecule has 29 heavy (non-hydrogen) atoms. The first-order chi connectivity index (χ1) is 14.0. The van der Waals surface area contributed by atoms with Gasteiger partial charge in [-0.25, -0.2) is 0 Å². The summed E-state index contributed by atoms with van der Waals surface area (Å²) in [5.41, 5.74) is 1.62. The molecule has 4 rings (SSSR count). The number of amides is 2. The van der Waals surface area contributed by atoms with Gasteiger partial charge in [0.1, 0.15) is 0 Å². The first-order valence-corrected chi connectivity index (χ1v) is 10.9. The molecule has 1 saturated heterocycles. The van der Waals surface area contributed by atoms with Gasteiger partial charge in [0.15, 0.2) is 0 Å². The number of piperidine rings is 1. The molecule has 1 aliphatic heterocycles. The summed E-state index contributed by atoms with van der Waals surface area (Å²) in [6.45, 7) is 1.71. The molecule has 2 aliphatic rings. The van der Waals surface area contributed by atoms with Gasteiger partial charge in [-0.2, -0.15) is 0 Å². The van der Waals surface area contributed by atoms with Crippen LogP contribution in [0.1, 0.15) is 52.8 Å². The quantitative estimate of drug-likeness (QED) is 0.658. The molecule has 2 atom stereocenters. The number of anilines is 1. The molecule has 0 bridgehead atoms. The Morgan fingerprint density at radius 1 is 0.931 bits per heavy atom. The summed E-state index contributed by atoms with van der Waals surface area (Å²) in [4.78, 5) is 27.3. The van der Waals surface area contributed by atoms with Crippen molar-refractivity contribution in [3.8, 4) is 0 Å². The molecule has 1 aliphatic carbocycles. The molecule has 2 fully saturated rings. The second kappa shape index (κ2) is 8.76. The molecular formula is C23H24Cl2N2O2. The molecule has 6 heteroatoms. The lowest BCUT2D eigenvalue weighted by atomic mass is 9.75. The van der Waals surface area contributed by atoms with E-state index in [0.717, 1.165) is 25.4 Å². The maximum absolute atomic E-state index is 12.9. The molecule has 2 aromatic carbocycles. The van der Waals surface area contributed by atoms with Gasteiger partial charge in [0, 0.05) is 29.4 Å². The Morgan fingerprint density at radius 3 is 2.38 bits per heavy atom. The molecule has 1 N–H and O–H groups in total. The van der Waals surface area contributed by atoms with Crippen molar-refractivity contribution in [3.63, 3.8) is 0 Å². The van der Waals surface area contributed by atoms with Crippen molar-refractivity contribution in [1.82, 2.24) is 4.90 Å². The lowest BCUT2D eigenvalue weighted by molar-refractivity contribution is 0.0521. The van der Waals surface area contributed by atoms with E-state index in [1.54, 1.807) is 36.4 Å². The number of carbonyl (C=O) groups excluding carboxylic acids is 2. The van der Waals surface area contributed by atoms with Crippen molar-refractivity contribution in [1.29, 1.82) is 0 Å². The molecule has 0 unspecified atom stereocenters. The number of fused-ring (bicyclic) bond motifs is 1. The maximum Gasteiger partial charge on any atom is 0.257 e. The van der Waals surface area contributed by atoms with Crippen LogP contribution in [-0.2, 0) is 0 Å². The predicted molar refractivity (Wildman–Crippen MR) is 117 cm³/mol. The van der Waals surface area contributed by atoms with Gasteiger partial charge in [0.25, 0.3) is 11.8 Å². The summed E-state index contributed by atoms with van der Waals surface area (Å²) in [5, 5.41) is 3.59. The van der Waals surface area contributed by atoms with Crippen LogP contribution in [0.15, 0.2) is 42.5 Å². The Morgan fingerprint density at radius 2 is 1.66 bits per heavy atom. The molecule has 0 spiro atoms. The first-order valence-electron chi connectivity index (χ1n) is 10.2. The van der Waals surface area contributed by atoms with E-state index < -0.39 is 0 Å². The van der Waals surface area contributed by atoms with Crippen LogP contribution in [0.2, 0.25) is 10.0 Å². The molecular weight excluding hydrogens is 407 g/mol. The van der Waals surface area contributed by atoms with Crippen molar-refractivity contribution >= 4 is 40.7 Å². The highest BCUT2D eigenvalue weighted by atomic mass is 35.5. The van der Waals surface area contributed by atoms with Crippen molar-refractivity contribution < 1.29 is 9.59 Å². The summed E-state index contributed by atoms with van der Waals surface area (Å²) >= 11 is 12.0. The molecule has 1 saturated carbocycles. The zero-order chi connectivity index (χ0) is 20.4. The topological polar surface area (TPSA) is 49.4 Å². The minimum atomic E-state index is -0.315. The van der Waals surface area contributed by atoms with Gasteiger partial charge in [-0.15, -0.1) is 0 Å². The van der Waals surface area contributed by atoms with Crippen LogP contribution in [-0.4, -0.2) is 29.8 Å².